The average molecular weight is 334 g/mol. The molecule has 0 spiro atoms. The predicted octanol–water partition coefficient (Wildman–Crippen LogP) is 2.00. The highest BCUT2D eigenvalue weighted by molar-refractivity contribution is 7.13. The van der Waals surface area contributed by atoms with Gasteiger partial charge in [-0.25, -0.2) is 4.98 Å². The number of carbonyl (C=O) groups excluding carboxylic acids is 1. The van der Waals surface area contributed by atoms with E-state index in [1.807, 2.05) is 30.6 Å². The van der Waals surface area contributed by atoms with Crippen molar-refractivity contribution in [2.75, 3.05) is 18.0 Å². The van der Waals surface area contributed by atoms with E-state index in [9.17, 15) is 4.79 Å². The van der Waals surface area contributed by atoms with E-state index in [2.05, 4.69) is 20.5 Å². The normalized spacial score (nSPS) is 17.2. The molecule has 2 aromatic heterocycles. The van der Waals surface area contributed by atoms with E-state index >= 15 is 0 Å². The number of furan rings is 1. The van der Waals surface area contributed by atoms with Gasteiger partial charge in [0.15, 0.2) is 5.13 Å². The quantitative estimate of drug-likeness (QED) is 0.845. The summed E-state index contributed by atoms with van der Waals surface area (Å²) in [5.41, 5.74) is 0. The number of carbonyl (C=O) groups is 1. The smallest absolute Gasteiger partial charge is 0.237 e. The van der Waals surface area contributed by atoms with Crippen LogP contribution in [0.15, 0.2) is 34.4 Å². The number of nitrogens with zero attached hydrogens (tertiary/aromatic N) is 2. The Morgan fingerprint density at radius 2 is 2.35 bits per heavy atom. The Bertz CT molecular complexity index is 592. The minimum atomic E-state index is -0.207. The van der Waals surface area contributed by atoms with Crippen molar-refractivity contribution >= 4 is 22.4 Å². The van der Waals surface area contributed by atoms with Crippen LogP contribution < -0.4 is 15.5 Å². The maximum absolute atomic E-state index is 12.1. The number of piperidine rings is 1. The Labute approximate surface area is 139 Å². The number of amides is 1. The lowest BCUT2D eigenvalue weighted by atomic mass is 10.0. The van der Waals surface area contributed by atoms with Crippen LogP contribution in [0.3, 0.4) is 0 Å². The first-order valence-corrected chi connectivity index (χ1v) is 8.81. The first kappa shape index (κ1) is 16.0. The monoisotopic (exact) mass is 334 g/mol. The molecule has 0 aromatic carbocycles. The lowest BCUT2D eigenvalue weighted by Crippen LogP contribution is -2.50. The SMILES string of the molecule is C[C@@H](NC1CCN(c2nccs2)CC1)C(=O)NCc1ccco1. The molecule has 124 valence electrons. The molecule has 1 fully saturated rings. The maximum atomic E-state index is 12.1. The minimum Gasteiger partial charge on any atom is -0.467 e. The third kappa shape index (κ3) is 4.33. The van der Waals surface area contributed by atoms with Crippen LogP contribution in [0.25, 0.3) is 0 Å². The first-order chi connectivity index (χ1) is 11.2. The number of rotatable bonds is 6. The summed E-state index contributed by atoms with van der Waals surface area (Å²) in [5, 5.41) is 9.42. The molecule has 1 amide bonds. The molecule has 0 unspecified atom stereocenters. The van der Waals surface area contributed by atoms with Crippen molar-refractivity contribution in [1.82, 2.24) is 15.6 Å². The summed E-state index contributed by atoms with van der Waals surface area (Å²) in [6, 6.07) is 3.84. The van der Waals surface area contributed by atoms with Gasteiger partial charge in [0.2, 0.25) is 5.91 Å². The molecule has 1 saturated heterocycles. The second kappa shape index (κ2) is 7.61. The van der Waals surface area contributed by atoms with Gasteiger partial charge in [0.1, 0.15) is 5.76 Å². The van der Waals surface area contributed by atoms with Crippen LogP contribution in [0, 0.1) is 0 Å². The summed E-state index contributed by atoms with van der Waals surface area (Å²) in [5.74, 6) is 0.769. The van der Waals surface area contributed by atoms with Crippen LogP contribution in [0.5, 0.6) is 0 Å². The van der Waals surface area contributed by atoms with Crippen LogP contribution in [0.1, 0.15) is 25.5 Å². The Morgan fingerprint density at radius 3 is 3.00 bits per heavy atom. The van der Waals surface area contributed by atoms with Crippen LogP contribution in [-0.2, 0) is 11.3 Å². The first-order valence-electron chi connectivity index (χ1n) is 7.93. The summed E-state index contributed by atoms with van der Waals surface area (Å²) in [7, 11) is 0. The average Bonchev–Trinajstić information content (AvgIpc) is 3.26. The van der Waals surface area contributed by atoms with Crippen LogP contribution in [0.2, 0.25) is 0 Å². The number of aromatic nitrogens is 1. The van der Waals surface area contributed by atoms with Gasteiger partial charge in [-0.05, 0) is 31.9 Å². The van der Waals surface area contributed by atoms with Gasteiger partial charge in [-0.15, -0.1) is 11.3 Å². The van der Waals surface area contributed by atoms with E-state index in [1.165, 1.54) is 0 Å². The third-order valence-corrected chi connectivity index (χ3v) is 4.91. The van der Waals surface area contributed by atoms with Crippen molar-refractivity contribution in [2.24, 2.45) is 0 Å². The number of nitrogens with one attached hydrogen (secondary N) is 2. The van der Waals surface area contributed by atoms with E-state index in [1.54, 1.807) is 17.6 Å². The number of hydrogen-bond donors (Lipinski definition) is 2. The van der Waals surface area contributed by atoms with Crippen LogP contribution >= 0.6 is 11.3 Å². The molecule has 2 N–H and O–H groups in total. The maximum Gasteiger partial charge on any atom is 0.237 e. The van der Waals surface area contributed by atoms with E-state index < -0.39 is 0 Å². The van der Waals surface area contributed by atoms with E-state index in [-0.39, 0.29) is 11.9 Å². The van der Waals surface area contributed by atoms with E-state index in [0.29, 0.717) is 12.6 Å². The number of hydrogen-bond acceptors (Lipinski definition) is 6. The Morgan fingerprint density at radius 1 is 1.52 bits per heavy atom. The van der Waals surface area contributed by atoms with Crippen molar-refractivity contribution in [2.45, 2.75) is 38.4 Å². The zero-order valence-corrected chi connectivity index (χ0v) is 14.0. The Kier molecular flexibility index (Phi) is 5.30. The summed E-state index contributed by atoms with van der Waals surface area (Å²) in [6.45, 7) is 4.29. The summed E-state index contributed by atoms with van der Waals surface area (Å²) in [4.78, 5) is 18.8. The van der Waals surface area contributed by atoms with Gasteiger partial charge >= 0.3 is 0 Å². The van der Waals surface area contributed by atoms with Gasteiger partial charge in [-0.3, -0.25) is 4.79 Å². The second-order valence-electron chi connectivity index (χ2n) is 5.76. The fourth-order valence-electron chi connectivity index (χ4n) is 2.78. The molecule has 3 heterocycles. The van der Waals surface area contributed by atoms with E-state index in [4.69, 9.17) is 4.42 Å². The van der Waals surface area contributed by atoms with Gasteiger partial charge in [0, 0.05) is 30.7 Å². The highest BCUT2D eigenvalue weighted by Crippen LogP contribution is 2.22. The van der Waals surface area contributed by atoms with Crippen molar-refractivity contribution in [3.63, 3.8) is 0 Å². The van der Waals surface area contributed by atoms with Crippen molar-refractivity contribution in [1.29, 1.82) is 0 Å². The second-order valence-corrected chi connectivity index (χ2v) is 6.63. The molecule has 2 aromatic rings. The highest BCUT2D eigenvalue weighted by atomic mass is 32.1. The molecule has 23 heavy (non-hydrogen) atoms. The summed E-state index contributed by atoms with van der Waals surface area (Å²) < 4.78 is 5.22. The molecule has 7 heteroatoms. The van der Waals surface area contributed by atoms with Crippen LogP contribution in [-0.4, -0.2) is 36.1 Å². The Hall–Kier alpha value is -1.86. The predicted molar refractivity (Wildman–Crippen MR) is 90.5 cm³/mol. The summed E-state index contributed by atoms with van der Waals surface area (Å²) >= 11 is 1.68. The molecule has 1 aliphatic rings. The Balaban J connectivity index is 1.40. The molecule has 1 aliphatic heterocycles. The topological polar surface area (TPSA) is 70.4 Å². The summed E-state index contributed by atoms with van der Waals surface area (Å²) in [6.07, 6.45) is 5.50. The van der Waals surface area contributed by atoms with Crippen LogP contribution in [0.4, 0.5) is 5.13 Å². The standard InChI is InChI=1S/C16H22N4O2S/c1-12(15(21)18-11-14-3-2-9-22-14)19-13-4-7-20(8-5-13)16-17-6-10-23-16/h2-3,6,9-10,12-13,19H,4-5,7-8,11H2,1H3,(H,18,21)/t12-/m1/s1. The molecule has 1 atom stereocenters. The van der Waals surface area contributed by atoms with Gasteiger partial charge in [0.25, 0.3) is 0 Å². The lowest BCUT2D eigenvalue weighted by Gasteiger charge is -2.33. The number of thiazole rings is 1. The minimum absolute atomic E-state index is 0.00348. The van der Waals surface area contributed by atoms with E-state index in [0.717, 1.165) is 36.8 Å². The molecular formula is C16H22N4O2S. The fraction of sp³-hybridized carbons (Fsp3) is 0.500. The van der Waals surface area contributed by atoms with Crippen molar-refractivity contribution in [3.05, 3.63) is 35.7 Å². The molecular weight excluding hydrogens is 312 g/mol. The highest BCUT2D eigenvalue weighted by Gasteiger charge is 2.23. The van der Waals surface area contributed by atoms with Crippen molar-refractivity contribution in [3.8, 4) is 0 Å². The van der Waals surface area contributed by atoms with Gasteiger partial charge in [-0.2, -0.15) is 0 Å². The van der Waals surface area contributed by atoms with Crippen molar-refractivity contribution < 1.29 is 9.21 Å². The molecule has 6 nitrogen and oxygen atoms in total. The molecule has 0 aliphatic carbocycles. The molecule has 0 saturated carbocycles. The number of anilines is 1. The third-order valence-electron chi connectivity index (χ3n) is 4.08. The molecule has 3 rings (SSSR count). The fourth-order valence-corrected chi connectivity index (χ4v) is 3.48. The van der Waals surface area contributed by atoms with Gasteiger partial charge < -0.3 is 20.0 Å². The largest absolute Gasteiger partial charge is 0.467 e. The zero-order chi connectivity index (χ0) is 16.1. The van der Waals surface area contributed by atoms with Gasteiger partial charge in [-0.1, -0.05) is 0 Å². The lowest BCUT2D eigenvalue weighted by molar-refractivity contribution is -0.123. The molecule has 0 radical (unpaired) electrons. The van der Waals surface area contributed by atoms with Gasteiger partial charge in [0.05, 0.1) is 18.8 Å². The molecule has 0 bridgehead atoms. The zero-order valence-electron chi connectivity index (χ0n) is 13.2.